The van der Waals surface area contributed by atoms with Crippen LogP contribution < -0.4 is 5.32 Å². The molecule has 0 radical (unpaired) electrons. The van der Waals surface area contributed by atoms with Crippen molar-refractivity contribution in [2.45, 2.75) is 65.3 Å². The van der Waals surface area contributed by atoms with Crippen LogP contribution in [0.3, 0.4) is 0 Å². The first-order chi connectivity index (χ1) is 8.74. The number of unbranched alkanes of at least 4 members (excludes halogenated alkanes) is 3. The zero-order chi connectivity index (χ0) is 13.2. The van der Waals surface area contributed by atoms with Crippen molar-refractivity contribution in [3.63, 3.8) is 0 Å². The molecule has 0 aliphatic rings. The van der Waals surface area contributed by atoms with E-state index in [4.69, 9.17) is 0 Å². The molecule has 1 aromatic heterocycles. The predicted molar refractivity (Wildman–Crippen MR) is 83.3 cm³/mol. The average Bonchev–Trinajstić information content (AvgIpc) is 2.86. The molecule has 0 fully saturated rings. The molecular weight excluding hydrogens is 238 g/mol. The lowest BCUT2D eigenvalue weighted by Gasteiger charge is -2.15. The lowest BCUT2D eigenvalue weighted by atomic mass is 10.0. The van der Waals surface area contributed by atoms with Gasteiger partial charge in [-0.05, 0) is 36.8 Å². The normalized spacial score (nSPS) is 13.1. The van der Waals surface area contributed by atoms with Gasteiger partial charge in [-0.25, -0.2) is 0 Å². The fourth-order valence-corrected chi connectivity index (χ4v) is 3.13. The Morgan fingerprint density at radius 3 is 2.56 bits per heavy atom. The van der Waals surface area contributed by atoms with Crippen LogP contribution in [-0.2, 0) is 0 Å². The second kappa shape index (κ2) is 9.57. The Kier molecular flexibility index (Phi) is 8.36. The minimum atomic E-state index is 0.570. The van der Waals surface area contributed by atoms with Crippen LogP contribution >= 0.6 is 11.3 Å². The summed E-state index contributed by atoms with van der Waals surface area (Å²) in [5, 5.41) is 5.85. The zero-order valence-corrected chi connectivity index (χ0v) is 13.1. The molecule has 1 N–H and O–H groups in total. The van der Waals surface area contributed by atoms with Gasteiger partial charge in [-0.1, -0.05) is 52.5 Å². The lowest BCUT2D eigenvalue weighted by Crippen LogP contribution is -2.21. The Morgan fingerprint density at radius 2 is 1.94 bits per heavy atom. The van der Waals surface area contributed by atoms with Crippen molar-refractivity contribution in [2.24, 2.45) is 5.92 Å². The van der Waals surface area contributed by atoms with Crippen LogP contribution in [-0.4, -0.2) is 6.54 Å². The van der Waals surface area contributed by atoms with Crippen LogP contribution in [0.25, 0.3) is 0 Å². The smallest absolute Gasteiger partial charge is 0.0412 e. The highest BCUT2D eigenvalue weighted by molar-refractivity contribution is 7.10. The number of rotatable bonds is 10. The number of nitrogens with one attached hydrogen (secondary N) is 1. The Hall–Kier alpha value is -0.340. The van der Waals surface area contributed by atoms with Crippen molar-refractivity contribution < 1.29 is 0 Å². The van der Waals surface area contributed by atoms with E-state index < -0.39 is 0 Å². The maximum Gasteiger partial charge on any atom is 0.0412 e. The highest BCUT2D eigenvalue weighted by Gasteiger charge is 2.08. The minimum absolute atomic E-state index is 0.570. The van der Waals surface area contributed by atoms with E-state index in [1.165, 1.54) is 43.4 Å². The molecule has 0 spiro atoms. The molecule has 2 heteroatoms. The largest absolute Gasteiger partial charge is 0.309 e. The summed E-state index contributed by atoms with van der Waals surface area (Å²) in [6.45, 7) is 8.06. The summed E-state index contributed by atoms with van der Waals surface area (Å²) >= 11 is 1.87. The Labute approximate surface area is 117 Å². The van der Waals surface area contributed by atoms with E-state index in [-0.39, 0.29) is 0 Å². The number of thiophene rings is 1. The Balaban J connectivity index is 2.03. The van der Waals surface area contributed by atoms with Gasteiger partial charge < -0.3 is 5.32 Å². The van der Waals surface area contributed by atoms with Crippen LogP contribution in [0.2, 0.25) is 0 Å². The monoisotopic (exact) mass is 267 g/mol. The van der Waals surface area contributed by atoms with Gasteiger partial charge in [0.1, 0.15) is 0 Å². The molecule has 0 saturated heterocycles. The fourth-order valence-electron chi connectivity index (χ4n) is 2.24. The third-order valence-electron chi connectivity index (χ3n) is 3.39. The van der Waals surface area contributed by atoms with Crippen molar-refractivity contribution in [1.82, 2.24) is 5.32 Å². The second-order valence-corrected chi connectivity index (χ2v) is 6.51. The maximum atomic E-state index is 3.68. The van der Waals surface area contributed by atoms with Crippen molar-refractivity contribution >= 4 is 11.3 Å². The molecule has 0 bridgehead atoms. The molecule has 0 amide bonds. The van der Waals surface area contributed by atoms with Crippen molar-refractivity contribution in [1.29, 1.82) is 0 Å². The molecule has 1 heterocycles. The lowest BCUT2D eigenvalue weighted by molar-refractivity contribution is 0.484. The summed E-state index contributed by atoms with van der Waals surface area (Å²) in [6, 6.07) is 4.96. The minimum Gasteiger partial charge on any atom is -0.309 e. The van der Waals surface area contributed by atoms with Gasteiger partial charge in [0, 0.05) is 10.9 Å². The van der Waals surface area contributed by atoms with Gasteiger partial charge in [-0.2, -0.15) is 0 Å². The first kappa shape index (κ1) is 15.7. The quantitative estimate of drug-likeness (QED) is 0.560. The fraction of sp³-hybridized carbons (Fsp3) is 0.750. The first-order valence-corrected chi connectivity index (χ1v) is 8.38. The van der Waals surface area contributed by atoms with Crippen molar-refractivity contribution in [3.05, 3.63) is 22.4 Å². The van der Waals surface area contributed by atoms with Crippen LogP contribution in [0.4, 0.5) is 0 Å². The van der Waals surface area contributed by atoms with E-state index in [2.05, 4.69) is 43.6 Å². The van der Waals surface area contributed by atoms with Crippen molar-refractivity contribution in [2.75, 3.05) is 6.54 Å². The van der Waals surface area contributed by atoms with Gasteiger partial charge in [-0.3, -0.25) is 0 Å². The van der Waals surface area contributed by atoms with E-state index in [1.807, 2.05) is 11.3 Å². The molecule has 104 valence electrons. The van der Waals surface area contributed by atoms with Gasteiger partial charge in [0.2, 0.25) is 0 Å². The standard InChI is InChI=1S/C16H29NS/c1-4-15(16-11-9-13-18-16)17-12-8-6-5-7-10-14(2)3/h9,11,13-15,17H,4-8,10,12H2,1-3H3. The van der Waals surface area contributed by atoms with E-state index in [0.717, 1.165) is 12.5 Å². The van der Waals surface area contributed by atoms with Gasteiger partial charge in [0.05, 0.1) is 0 Å². The number of hydrogen-bond acceptors (Lipinski definition) is 2. The molecule has 1 nitrogen and oxygen atoms in total. The van der Waals surface area contributed by atoms with Gasteiger partial charge >= 0.3 is 0 Å². The van der Waals surface area contributed by atoms with E-state index in [1.54, 1.807) is 0 Å². The summed E-state index contributed by atoms with van der Waals surface area (Å²) in [7, 11) is 0. The second-order valence-electron chi connectivity index (χ2n) is 5.53. The highest BCUT2D eigenvalue weighted by Crippen LogP contribution is 2.21. The van der Waals surface area contributed by atoms with E-state index in [0.29, 0.717) is 6.04 Å². The molecule has 0 aliphatic heterocycles. The molecule has 1 unspecified atom stereocenters. The first-order valence-electron chi connectivity index (χ1n) is 7.50. The topological polar surface area (TPSA) is 12.0 Å². The zero-order valence-electron chi connectivity index (χ0n) is 12.2. The Morgan fingerprint density at radius 1 is 1.17 bits per heavy atom. The predicted octanol–water partition coefficient (Wildman–Crippen LogP) is 5.40. The van der Waals surface area contributed by atoms with Crippen molar-refractivity contribution in [3.8, 4) is 0 Å². The number of hydrogen-bond donors (Lipinski definition) is 1. The molecule has 1 aromatic rings. The molecule has 18 heavy (non-hydrogen) atoms. The SMILES string of the molecule is CCC(NCCCCCCC(C)C)c1cccs1. The Bertz CT molecular complexity index is 279. The van der Waals surface area contributed by atoms with Crippen LogP contribution in [0.5, 0.6) is 0 Å². The molecular formula is C16H29NS. The molecule has 0 aliphatic carbocycles. The van der Waals surface area contributed by atoms with Gasteiger partial charge in [-0.15, -0.1) is 11.3 Å². The third kappa shape index (κ3) is 6.55. The van der Waals surface area contributed by atoms with E-state index >= 15 is 0 Å². The molecule has 0 saturated carbocycles. The van der Waals surface area contributed by atoms with Gasteiger partial charge in [0.25, 0.3) is 0 Å². The highest BCUT2D eigenvalue weighted by atomic mass is 32.1. The van der Waals surface area contributed by atoms with Crippen LogP contribution in [0.15, 0.2) is 17.5 Å². The molecule has 0 aromatic carbocycles. The summed E-state index contributed by atoms with van der Waals surface area (Å²) in [5.74, 6) is 0.867. The van der Waals surface area contributed by atoms with Crippen LogP contribution in [0, 0.1) is 5.92 Å². The maximum absolute atomic E-state index is 3.68. The summed E-state index contributed by atoms with van der Waals surface area (Å²) in [5.41, 5.74) is 0. The van der Waals surface area contributed by atoms with Crippen LogP contribution in [0.1, 0.15) is 70.2 Å². The third-order valence-corrected chi connectivity index (χ3v) is 4.38. The summed E-state index contributed by atoms with van der Waals surface area (Å²) in [6.07, 6.45) is 8.07. The molecule has 1 rings (SSSR count). The summed E-state index contributed by atoms with van der Waals surface area (Å²) in [4.78, 5) is 1.48. The van der Waals surface area contributed by atoms with E-state index in [9.17, 15) is 0 Å². The molecule has 1 atom stereocenters. The average molecular weight is 267 g/mol. The van der Waals surface area contributed by atoms with Gasteiger partial charge in [0.15, 0.2) is 0 Å². The summed E-state index contributed by atoms with van der Waals surface area (Å²) < 4.78 is 0.